The molecule has 0 saturated heterocycles. The average molecular weight is 471 g/mol. The van der Waals surface area contributed by atoms with E-state index in [0.29, 0.717) is 0 Å². The molecule has 2 aromatic carbocycles. The first-order chi connectivity index (χ1) is 11.4. The minimum atomic E-state index is -0.0175. The van der Waals surface area contributed by atoms with Crippen LogP contribution >= 0.6 is 43.6 Å². The first-order valence-electron chi connectivity index (χ1n) is 7.11. The Bertz CT molecular complexity index is 752. The number of methoxy groups -OCH3 is 1. The Kier molecular flexibility index (Phi) is 6.95. The molecule has 126 valence electrons. The number of nitrogens with zero attached hydrogens (tertiary/aromatic N) is 1. The SMILES string of the molecule is COc1cccc(/C=C\c2cc(Br)c(SC(=O)N(C)C)c(Br)c2)c1. The van der Waals surface area contributed by atoms with Gasteiger partial charge in [-0.15, -0.1) is 0 Å². The van der Waals surface area contributed by atoms with Gasteiger partial charge in [-0.3, -0.25) is 4.79 Å². The monoisotopic (exact) mass is 469 g/mol. The topological polar surface area (TPSA) is 29.5 Å². The summed E-state index contributed by atoms with van der Waals surface area (Å²) in [4.78, 5) is 14.3. The molecular formula is C18H17Br2NO2S. The van der Waals surface area contributed by atoms with Crippen molar-refractivity contribution in [1.29, 1.82) is 0 Å². The second-order valence-corrected chi connectivity index (χ2v) is 7.86. The largest absolute Gasteiger partial charge is 0.497 e. The quantitative estimate of drug-likeness (QED) is 0.395. The standard InChI is InChI=1S/C18H17Br2NO2S/c1-21(2)18(22)24-17-15(19)10-13(11-16(17)20)8-7-12-5-4-6-14(9-12)23-3/h4-11H,1-3H3/b8-7-. The molecule has 24 heavy (non-hydrogen) atoms. The summed E-state index contributed by atoms with van der Waals surface area (Å²) in [5, 5.41) is -0.0175. The number of benzene rings is 2. The minimum absolute atomic E-state index is 0.0175. The number of hydrogen-bond donors (Lipinski definition) is 0. The van der Waals surface area contributed by atoms with Gasteiger partial charge in [-0.2, -0.15) is 0 Å². The van der Waals surface area contributed by atoms with Gasteiger partial charge in [0.15, 0.2) is 0 Å². The molecule has 0 atom stereocenters. The van der Waals surface area contributed by atoms with E-state index in [1.807, 2.05) is 48.6 Å². The number of carbonyl (C=O) groups excluding carboxylic acids is 1. The molecule has 1 amide bonds. The highest BCUT2D eigenvalue weighted by Gasteiger charge is 2.13. The second-order valence-electron chi connectivity index (χ2n) is 5.19. The first-order valence-corrected chi connectivity index (χ1v) is 9.51. The summed E-state index contributed by atoms with van der Waals surface area (Å²) in [5.41, 5.74) is 2.08. The van der Waals surface area contributed by atoms with Crippen LogP contribution in [0, 0.1) is 0 Å². The van der Waals surface area contributed by atoms with E-state index in [1.54, 1.807) is 26.1 Å². The molecular weight excluding hydrogens is 454 g/mol. The van der Waals surface area contributed by atoms with Crippen molar-refractivity contribution in [3.63, 3.8) is 0 Å². The highest BCUT2D eigenvalue weighted by atomic mass is 79.9. The third-order valence-corrected chi connectivity index (χ3v) is 6.10. The maximum Gasteiger partial charge on any atom is 0.286 e. The van der Waals surface area contributed by atoms with E-state index in [9.17, 15) is 4.79 Å². The van der Waals surface area contributed by atoms with E-state index in [4.69, 9.17) is 4.74 Å². The molecule has 0 heterocycles. The summed E-state index contributed by atoms with van der Waals surface area (Å²) >= 11 is 8.28. The van der Waals surface area contributed by atoms with Gasteiger partial charge >= 0.3 is 0 Å². The molecule has 3 nitrogen and oxygen atoms in total. The van der Waals surface area contributed by atoms with Crippen LogP contribution in [-0.2, 0) is 0 Å². The van der Waals surface area contributed by atoms with Gasteiger partial charge in [-0.25, -0.2) is 0 Å². The van der Waals surface area contributed by atoms with Crippen LogP contribution in [0.3, 0.4) is 0 Å². The Hall–Kier alpha value is -1.24. The zero-order chi connectivity index (χ0) is 17.7. The molecule has 2 aromatic rings. The van der Waals surface area contributed by atoms with E-state index in [0.717, 1.165) is 30.7 Å². The molecule has 0 bridgehead atoms. The van der Waals surface area contributed by atoms with Crippen molar-refractivity contribution in [3.8, 4) is 5.75 Å². The van der Waals surface area contributed by atoms with Crippen LogP contribution in [0.2, 0.25) is 0 Å². The van der Waals surface area contributed by atoms with E-state index in [-0.39, 0.29) is 5.24 Å². The molecule has 0 fully saturated rings. The van der Waals surface area contributed by atoms with Crippen LogP contribution in [0.1, 0.15) is 11.1 Å². The van der Waals surface area contributed by atoms with E-state index < -0.39 is 0 Å². The van der Waals surface area contributed by atoms with Crippen molar-refractivity contribution in [2.24, 2.45) is 0 Å². The summed E-state index contributed by atoms with van der Waals surface area (Å²) in [6.07, 6.45) is 4.04. The molecule has 0 unspecified atom stereocenters. The normalized spacial score (nSPS) is 10.9. The highest BCUT2D eigenvalue weighted by Crippen LogP contribution is 2.37. The van der Waals surface area contributed by atoms with Gasteiger partial charge in [0.1, 0.15) is 5.75 Å². The van der Waals surface area contributed by atoms with Gasteiger partial charge < -0.3 is 9.64 Å². The van der Waals surface area contributed by atoms with Crippen molar-refractivity contribution in [2.75, 3.05) is 21.2 Å². The number of rotatable bonds is 4. The Morgan fingerprint density at radius 2 is 1.71 bits per heavy atom. The lowest BCUT2D eigenvalue weighted by molar-refractivity contribution is 0.241. The fraction of sp³-hybridized carbons (Fsp3) is 0.167. The number of halogens is 2. The second kappa shape index (κ2) is 8.74. The van der Waals surface area contributed by atoms with Crippen LogP contribution in [0.15, 0.2) is 50.2 Å². The van der Waals surface area contributed by atoms with Gasteiger partial charge in [0.2, 0.25) is 0 Å². The fourth-order valence-corrected chi connectivity index (χ4v) is 4.27. The molecule has 0 N–H and O–H groups in total. The third kappa shape index (κ3) is 5.13. The van der Waals surface area contributed by atoms with Crippen molar-refractivity contribution in [1.82, 2.24) is 4.90 Å². The highest BCUT2D eigenvalue weighted by molar-refractivity contribution is 9.11. The molecule has 0 saturated carbocycles. The molecule has 0 aliphatic carbocycles. The van der Waals surface area contributed by atoms with Gasteiger partial charge in [-0.1, -0.05) is 24.3 Å². The Labute approximate surface area is 163 Å². The van der Waals surface area contributed by atoms with Crippen molar-refractivity contribution < 1.29 is 9.53 Å². The number of thioether (sulfide) groups is 1. The third-order valence-electron chi connectivity index (χ3n) is 3.14. The zero-order valence-electron chi connectivity index (χ0n) is 13.5. The van der Waals surface area contributed by atoms with Crippen molar-refractivity contribution in [2.45, 2.75) is 4.90 Å². The zero-order valence-corrected chi connectivity index (χ0v) is 17.5. The Balaban J connectivity index is 2.23. The first kappa shape index (κ1) is 19.1. The number of hydrogen-bond acceptors (Lipinski definition) is 3. The summed E-state index contributed by atoms with van der Waals surface area (Å²) in [7, 11) is 5.13. The lowest BCUT2D eigenvalue weighted by atomic mass is 10.1. The lowest BCUT2D eigenvalue weighted by Crippen LogP contribution is -2.16. The molecule has 0 radical (unpaired) electrons. The fourth-order valence-electron chi connectivity index (χ4n) is 1.89. The molecule has 0 spiro atoms. The number of amides is 1. The predicted octanol–water partition coefficient (Wildman–Crippen LogP) is 6.16. The predicted molar refractivity (Wildman–Crippen MR) is 109 cm³/mol. The van der Waals surface area contributed by atoms with Crippen molar-refractivity contribution in [3.05, 3.63) is 56.5 Å². The maximum absolute atomic E-state index is 11.9. The van der Waals surface area contributed by atoms with Gasteiger partial charge in [-0.05, 0) is 79.0 Å². The van der Waals surface area contributed by atoms with Crippen LogP contribution in [-0.4, -0.2) is 31.3 Å². The maximum atomic E-state index is 11.9. The van der Waals surface area contributed by atoms with Crippen LogP contribution < -0.4 is 4.74 Å². The molecule has 0 aliphatic heterocycles. The summed E-state index contributed by atoms with van der Waals surface area (Å²) < 4.78 is 6.98. The number of ether oxygens (including phenoxy) is 1. The van der Waals surface area contributed by atoms with E-state index in [2.05, 4.69) is 31.9 Å². The van der Waals surface area contributed by atoms with E-state index >= 15 is 0 Å². The van der Waals surface area contributed by atoms with E-state index in [1.165, 1.54) is 11.8 Å². The van der Waals surface area contributed by atoms with Gasteiger partial charge in [0.05, 0.1) is 7.11 Å². The molecule has 0 aliphatic rings. The molecule has 0 aromatic heterocycles. The minimum Gasteiger partial charge on any atom is -0.497 e. The summed E-state index contributed by atoms with van der Waals surface area (Å²) in [6, 6.07) is 11.8. The molecule has 2 rings (SSSR count). The van der Waals surface area contributed by atoms with Gasteiger partial charge in [0, 0.05) is 27.9 Å². The molecule has 6 heteroatoms. The van der Waals surface area contributed by atoms with Crippen LogP contribution in [0.25, 0.3) is 12.2 Å². The van der Waals surface area contributed by atoms with Crippen molar-refractivity contribution >= 4 is 61.0 Å². The Morgan fingerprint density at radius 3 is 2.29 bits per heavy atom. The average Bonchev–Trinajstić information content (AvgIpc) is 2.56. The Morgan fingerprint density at radius 1 is 1.08 bits per heavy atom. The number of carbonyl (C=O) groups is 1. The van der Waals surface area contributed by atoms with Crippen LogP contribution in [0.5, 0.6) is 5.75 Å². The summed E-state index contributed by atoms with van der Waals surface area (Å²) in [6.45, 7) is 0. The smallest absolute Gasteiger partial charge is 0.286 e. The van der Waals surface area contributed by atoms with Crippen LogP contribution in [0.4, 0.5) is 4.79 Å². The summed E-state index contributed by atoms with van der Waals surface area (Å²) in [5.74, 6) is 0.827. The van der Waals surface area contributed by atoms with Gasteiger partial charge in [0.25, 0.3) is 5.24 Å². The lowest BCUT2D eigenvalue weighted by Gasteiger charge is -2.12.